The molecule has 0 radical (unpaired) electrons. The molecule has 0 aliphatic carbocycles. The second-order valence-electron chi connectivity index (χ2n) is 9.41. The summed E-state index contributed by atoms with van der Waals surface area (Å²) < 4.78 is 77.8. The topological polar surface area (TPSA) is 29.1 Å². The number of alkyl halides is 6. The van der Waals surface area contributed by atoms with Crippen LogP contribution in [0.2, 0.25) is 0 Å². The highest BCUT2D eigenvalue weighted by atomic mass is 19.4. The molecule has 0 aromatic heterocycles. The zero-order valence-corrected chi connectivity index (χ0v) is 20.3. The van der Waals surface area contributed by atoms with Crippen LogP contribution in [-0.2, 0) is 22.6 Å². The zero-order chi connectivity index (χ0) is 27.4. The van der Waals surface area contributed by atoms with Gasteiger partial charge in [-0.3, -0.25) is 4.79 Å². The molecule has 37 heavy (non-hydrogen) atoms. The van der Waals surface area contributed by atoms with Crippen molar-refractivity contribution in [3.05, 3.63) is 119 Å². The minimum atomic E-state index is -4.53. The van der Waals surface area contributed by atoms with Gasteiger partial charge in [-0.25, -0.2) is 0 Å². The second-order valence-corrected chi connectivity index (χ2v) is 9.41. The van der Waals surface area contributed by atoms with Crippen molar-refractivity contribution >= 4 is 17.2 Å². The van der Waals surface area contributed by atoms with Gasteiger partial charge in [-0.2, -0.15) is 26.3 Å². The fourth-order valence-corrected chi connectivity index (χ4v) is 3.51. The first-order valence-corrected chi connectivity index (χ1v) is 11.3. The molecule has 0 spiro atoms. The van der Waals surface area contributed by atoms with Gasteiger partial charge in [0.05, 0.1) is 11.1 Å². The molecule has 0 heterocycles. The number of hydrogen-bond donors (Lipinski definition) is 1. The summed E-state index contributed by atoms with van der Waals surface area (Å²) in [4.78, 5) is 12.4. The fourth-order valence-electron chi connectivity index (χ4n) is 3.51. The van der Waals surface area contributed by atoms with Gasteiger partial charge < -0.3 is 5.32 Å². The van der Waals surface area contributed by atoms with Crippen LogP contribution < -0.4 is 5.32 Å². The molecule has 3 rings (SSSR count). The van der Waals surface area contributed by atoms with Gasteiger partial charge in [0.1, 0.15) is 0 Å². The molecule has 2 nitrogen and oxygen atoms in total. The molecule has 0 aliphatic heterocycles. The van der Waals surface area contributed by atoms with Crippen molar-refractivity contribution in [3.8, 4) is 0 Å². The average molecular weight is 518 g/mol. The van der Waals surface area contributed by atoms with E-state index in [1.54, 1.807) is 12.1 Å². The molecule has 0 fully saturated rings. The first kappa shape index (κ1) is 27.8. The van der Waals surface area contributed by atoms with E-state index in [2.05, 4.69) is 26.1 Å². The van der Waals surface area contributed by atoms with Gasteiger partial charge in [-0.05, 0) is 64.1 Å². The van der Waals surface area contributed by atoms with E-state index < -0.39 is 29.4 Å². The Kier molecular flexibility index (Phi) is 8.00. The van der Waals surface area contributed by atoms with E-state index in [1.165, 1.54) is 42.5 Å². The van der Waals surface area contributed by atoms with Gasteiger partial charge in [0.15, 0.2) is 0 Å². The Morgan fingerprint density at radius 2 is 1.05 bits per heavy atom. The van der Waals surface area contributed by atoms with Crippen LogP contribution in [0.25, 0.3) is 5.57 Å². The van der Waals surface area contributed by atoms with Crippen molar-refractivity contribution in [2.75, 3.05) is 5.32 Å². The van der Waals surface area contributed by atoms with Crippen LogP contribution in [0, 0.1) is 0 Å². The Bertz CT molecular complexity index is 1220. The molecule has 1 amide bonds. The SMILES string of the molecule is CC(C)(C)c1ccc(NC(=O)/C=C/C=C(c2ccc(C(F)(F)F)cc2)c2ccc(C(F)(F)F)cc2)cc1. The maximum Gasteiger partial charge on any atom is 0.416 e. The number of allylic oxidation sites excluding steroid dienone is 2. The monoisotopic (exact) mass is 517 g/mol. The number of nitrogens with one attached hydrogen (secondary N) is 1. The lowest BCUT2D eigenvalue weighted by Gasteiger charge is -2.19. The highest BCUT2D eigenvalue weighted by molar-refractivity contribution is 5.99. The molecule has 0 saturated heterocycles. The predicted molar refractivity (Wildman–Crippen MR) is 133 cm³/mol. The number of anilines is 1. The van der Waals surface area contributed by atoms with Crippen LogP contribution in [0.15, 0.2) is 91.0 Å². The Labute approximate surface area is 211 Å². The van der Waals surface area contributed by atoms with Crippen molar-refractivity contribution < 1.29 is 31.1 Å². The molecule has 0 saturated carbocycles. The van der Waals surface area contributed by atoms with E-state index >= 15 is 0 Å². The lowest BCUT2D eigenvalue weighted by Crippen LogP contribution is -2.12. The van der Waals surface area contributed by atoms with E-state index in [4.69, 9.17) is 0 Å². The maximum absolute atomic E-state index is 13.0. The highest BCUT2D eigenvalue weighted by Crippen LogP contribution is 2.33. The smallest absolute Gasteiger partial charge is 0.323 e. The molecule has 1 N–H and O–H groups in total. The summed E-state index contributed by atoms with van der Waals surface area (Å²) in [6, 6.07) is 15.9. The average Bonchev–Trinajstić information content (AvgIpc) is 2.81. The number of halogens is 6. The molecule has 194 valence electrons. The van der Waals surface area contributed by atoms with Crippen LogP contribution in [-0.4, -0.2) is 5.91 Å². The van der Waals surface area contributed by atoms with E-state index in [9.17, 15) is 31.1 Å². The van der Waals surface area contributed by atoms with Crippen molar-refractivity contribution in [3.63, 3.8) is 0 Å². The summed E-state index contributed by atoms with van der Waals surface area (Å²) in [5.74, 6) is -0.445. The molecule has 0 aliphatic rings. The minimum absolute atomic E-state index is 0.0414. The number of hydrogen-bond acceptors (Lipinski definition) is 1. The number of amides is 1. The summed E-state index contributed by atoms with van der Waals surface area (Å²) in [5, 5.41) is 2.72. The van der Waals surface area contributed by atoms with Crippen LogP contribution in [0.3, 0.4) is 0 Å². The molecule has 3 aromatic rings. The van der Waals surface area contributed by atoms with Crippen molar-refractivity contribution in [1.82, 2.24) is 0 Å². The molecule has 0 atom stereocenters. The molecule has 0 unspecified atom stereocenters. The Balaban J connectivity index is 1.87. The molecule has 3 aromatic carbocycles. The van der Waals surface area contributed by atoms with Crippen LogP contribution in [0.1, 0.15) is 48.6 Å². The third-order valence-corrected chi connectivity index (χ3v) is 5.58. The van der Waals surface area contributed by atoms with Gasteiger partial charge in [0.2, 0.25) is 5.91 Å². The molecule has 0 bridgehead atoms. The lowest BCUT2D eigenvalue weighted by molar-refractivity contribution is -0.138. The van der Waals surface area contributed by atoms with E-state index in [0.717, 1.165) is 29.8 Å². The Hall–Kier alpha value is -3.81. The van der Waals surface area contributed by atoms with Crippen LogP contribution in [0.5, 0.6) is 0 Å². The predicted octanol–water partition coefficient (Wildman–Crippen LogP) is 8.65. The van der Waals surface area contributed by atoms with Gasteiger partial charge in [0.25, 0.3) is 0 Å². The minimum Gasteiger partial charge on any atom is -0.323 e. The number of rotatable bonds is 5. The summed E-state index contributed by atoms with van der Waals surface area (Å²) in [6.45, 7) is 6.21. The second kappa shape index (κ2) is 10.7. The van der Waals surface area contributed by atoms with Gasteiger partial charge in [-0.15, -0.1) is 0 Å². The Morgan fingerprint density at radius 1 is 0.649 bits per heavy atom. The maximum atomic E-state index is 13.0. The van der Waals surface area contributed by atoms with Crippen LogP contribution >= 0.6 is 0 Å². The highest BCUT2D eigenvalue weighted by Gasteiger charge is 2.31. The van der Waals surface area contributed by atoms with E-state index in [-0.39, 0.29) is 5.41 Å². The zero-order valence-electron chi connectivity index (χ0n) is 20.3. The summed E-state index contributed by atoms with van der Waals surface area (Å²) in [6.07, 6.45) is -4.97. The van der Waals surface area contributed by atoms with Crippen molar-refractivity contribution in [1.29, 1.82) is 0 Å². The van der Waals surface area contributed by atoms with Crippen molar-refractivity contribution in [2.45, 2.75) is 38.5 Å². The lowest BCUT2D eigenvalue weighted by atomic mass is 9.87. The van der Waals surface area contributed by atoms with Gasteiger partial charge in [-0.1, -0.05) is 69.3 Å². The van der Waals surface area contributed by atoms with E-state index in [0.29, 0.717) is 22.4 Å². The van der Waals surface area contributed by atoms with Crippen molar-refractivity contribution in [2.24, 2.45) is 0 Å². The molecule has 8 heteroatoms. The normalized spacial score (nSPS) is 12.5. The Morgan fingerprint density at radius 3 is 1.43 bits per heavy atom. The number of carbonyl (C=O) groups is 1. The summed E-state index contributed by atoms with van der Waals surface area (Å²) in [7, 11) is 0. The standard InChI is InChI=1S/C29H25F6NO/c1-27(2,3)21-15-17-24(18-16-21)36-26(37)6-4-5-25(19-7-11-22(12-8-19)28(30,31)32)20-9-13-23(14-10-20)29(33,34)35/h4-18H,1-3H3,(H,36,37)/b6-4+. The number of benzene rings is 3. The molecular weight excluding hydrogens is 492 g/mol. The third kappa shape index (κ3) is 7.59. The van der Waals surface area contributed by atoms with Gasteiger partial charge in [0, 0.05) is 11.8 Å². The quantitative estimate of drug-likeness (QED) is 0.205. The first-order chi connectivity index (χ1) is 17.1. The summed E-state index contributed by atoms with van der Waals surface area (Å²) in [5.41, 5.74) is 0.970. The van der Waals surface area contributed by atoms with Crippen LogP contribution in [0.4, 0.5) is 32.0 Å². The number of carbonyl (C=O) groups excluding carboxylic acids is 1. The summed E-state index contributed by atoms with van der Waals surface area (Å²) >= 11 is 0. The van der Waals surface area contributed by atoms with Gasteiger partial charge >= 0.3 is 12.4 Å². The fraction of sp³-hybridized carbons (Fsp3) is 0.207. The van der Waals surface area contributed by atoms with E-state index in [1.807, 2.05) is 12.1 Å². The first-order valence-electron chi connectivity index (χ1n) is 11.3. The molecular formula is C29H25F6NO. The third-order valence-electron chi connectivity index (χ3n) is 5.58. The largest absolute Gasteiger partial charge is 0.416 e.